The lowest BCUT2D eigenvalue weighted by atomic mass is 9.61. The van der Waals surface area contributed by atoms with Gasteiger partial charge < -0.3 is 10.0 Å². The molecule has 0 aromatic carbocycles. The number of hydrogen-bond donors (Lipinski definition) is 1. The molecule has 4 heteroatoms. The third-order valence-corrected chi connectivity index (χ3v) is 3.02. The number of aliphatic hydroxyl groups is 1. The fourth-order valence-corrected chi connectivity index (χ4v) is 2.62. The number of nitrogens with zero attached hydrogens (tertiary/aromatic N) is 1. The first kappa shape index (κ1) is 9.34. The highest BCUT2D eigenvalue weighted by Gasteiger charge is 2.61. The number of halogens is 2. The Morgan fingerprint density at radius 1 is 1.23 bits per heavy atom. The monoisotopic (exact) mass is 191 g/mol. The van der Waals surface area contributed by atoms with E-state index in [4.69, 9.17) is 5.11 Å². The van der Waals surface area contributed by atoms with Gasteiger partial charge in [0.05, 0.1) is 0 Å². The van der Waals surface area contributed by atoms with E-state index in [1.54, 1.807) is 0 Å². The molecule has 1 aliphatic heterocycles. The van der Waals surface area contributed by atoms with Crippen LogP contribution in [-0.4, -0.2) is 42.2 Å². The van der Waals surface area contributed by atoms with Crippen LogP contribution in [0.3, 0.4) is 0 Å². The Hall–Kier alpha value is -0.220. The van der Waals surface area contributed by atoms with Crippen molar-refractivity contribution in [3.05, 3.63) is 0 Å². The summed E-state index contributed by atoms with van der Waals surface area (Å²) in [6.07, 6.45) is 0.914. The molecule has 2 nitrogen and oxygen atoms in total. The van der Waals surface area contributed by atoms with Crippen LogP contribution in [-0.2, 0) is 0 Å². The summed E-state index contributed by atoms with van der Waals surface area (Å²) in [4.78, 5) is 2.14. The largest absolute Gasteiger partial charge is 0.396 e. The molecule has 0 bridgehead atoms. The van der Waals surface area contributed by atoms with Crippen molar-refractivity contribution in [3.63, 3.8) is 0 Å². The zero-order chi connectivity index (χ0) is 9.53. The van der Waals surface area contributed by atoms with Gasteiger partial charge in [0, 0.05) is 44.5 Å². The maximum absolute atomic E-state index is 12.6. The van der Waals surface area contributed by atoms with Crippen molar-refractivity contribution >= 4 is 0 Å². The fourth-order valence-electron chi connectivity index (χ4n) is 2.62. The topological polar surface area (TPSA) is 23.5 Å². The molecule has 13 heavy (non-hydrogen) atoms. The maximum Gasteiger partial charge on any atom is 0.249 e. The van der Waals surface area contributed by atoms with Gasteiger partial charge in [-0.05, 0) is 6.42 Å². The van der Waals surface area contributed by atoms with Crippen molar-refractivity contribution in [2.45, 2.75) is 25.2 Å². The van der Waals surface area contributed by atoms with Crippen LogP contribution in [0.2, 0.25) is 0 Å². The van der Waals surface area contributed by atoms with Crippen LogP contribution in [0.15, 0.2) is 0 Å². The second-order valence-corrected chi connectivity index (χ2v) is 4.50. The summed E-state index contributed by atoms with van der Waals surface area (Å²) in [5.41, 5.74) is -0.0566. The highest BCUT2D eigenvalue weighted by molar-refractivity contribution is 5.07. The van der Waals surface area contributed by atoms with E-state index in [0.717, 1.165) is 26.1 Å². The second-order valence-electron chi connectivity index (χ2n) is 4.50. The van der Waals surface area contributed by atoms with Gasteiger partial charge in [0.15, 0.2) is 0 Å². The Morgan fingerprint density at radius 2 is 1.85 bits per heavy atom. The zero-order valence-corrected chi connectivity index (χ0v) is 7.60. The molecule has 1 aliphatic carbocycles. The van der Waals surface area contributed by atoms with Gasteiger partial charge in [0.2, 0.25) is 5.92 Å². The maximum atomic E-state index is 12.6. The lowest BCUT2D eigenvalue weighted by molar-refractivity contribution is -0.213. The Bertz CT molecular complexity index is 192. The molecule has 2 aliphatic rings. The van der Waals surface area contributed by atoms with Crippen molar-refractivity contribution in [1.29, 1.82) is 0 Å². The number of rotatable bonds is 3. The van der Waals surface area contributed by atoms with Crippen LogP contribution in [0.5, 0.6) is 0 Å². The fraction of sp³-hybridized carbons (Fsp3) is 1.00. The first-order chi connectivity index (χ1) is 6.05. The molecule has 0 aromatic heterocycles. The first-order valence-electron chi connectivity index (χ1n) is 4.76. The second kappa shape index (κ2) is 2.89. The van der Waals surface area contributed by atoms with E-state index in [2.05, 4.69) is 4.90 Å². The molecule has 0 aromatic rings. The molecule has 0 unspecified atom stereocenters. The summed E-state index contributed by atoms with van der Waals surface area (Å²) in [5, 5.41) is 8.57. The third kappa shape index (κ3) is 1.70. The summed E-state index contributed by atoms with van der Waals surface area (Å²) >= 11 is 0. The molecule has 2 rings (SSSR count). The van der Waals surface area contributed by atoms with Crippen LogP contribution in [0.25, 0.3) is 0 Å². The van der Waals surface area contributed by atoms with E-state index in [0.29, 0.717) is 0 Å². The lowest BCUT2D eigenvalue weighted by Crippen LogP contribution is -2.65. The van der Waals surface area contributed by atoms with E-state index in [-0.39, 0.29) is 24.9 Å². The van der Waals surface area contributed by atoms with Crippen molar-refractivity contribution in [3.8, 4) is 0 Å². The average Bonchev–Trinajstić information content (AvgIpc) is 1.91. The highest BCUT2D eigenvalue weighted by Crippen LogP contribution is 2.56. The summed E-state index contributed by atoms with van der Waals surface area (Å²) in [7, 11) is 0. The number of alkyl halides is 2. The Labute approximate surface area is 76.5 Å². The van der Waals surface area contributed by atoms with Crippen molar-refractivity contribution < 1.29 is 13.9 Å². The summed E-state index contributed by atoms with van der Waals surface area (Å²) in [5.74, 6) is -2.39. The van der Waals surface area contributed by atoms with Crippen LogP contribution in [0, 0.1) is 5.41 Å². The molecular weight excluding hydrogens is 176 g/mol. The molecule has 2 fully saturated rings. The summed E-state index contributed by atoms with van der Waals surface area (Å²) < 4.78 is 25.1. The van der Waals surface area contributed by atoms with Gasteiger partial charge in [-0.1, -0.05) is 0 Å². The minimum atomic E-state index is -2.39. The summed E-state index contributed by atoms with van der Waals surface area (Å²) in [6.45, 7) is 2.66. The molecule has 0 atom stereocenters. The van der Waals surface area contributed by atoms with Gasteiger partial charge in [-0.15, -0.1) is 0 Å². The smallest absolute Gasteiger partial charge is 0.249 e. The Kier molecular flexibility index (Phi) is 2.07. The number of aliphatic hydroxyl groups excluding tert-OH is 1. The Morgan fingerprint density at radius 3 is 2.31 bits per heavy atom. The molecule has 1 heterocycles. The van der Waals surface area contributed by atoms with Crippen molar-refractivity contribution in [2.24, 2.45) is 5.41 Å². The minimum Gasteiger partial charge on any atom is -0.396 e. The lowest BCUT2D eigenvalue weighted by Gasteiger charge is -2.58. The molecule has 1 N–H and O–H groups in total. The average molecular weight is 191 g/mol. The van der Waals surface area contributed by atoms with E-state index in [9.17, 15) is 8.78 Å². The predicted molar refractivity (Wildman–Crippen MR) is 44.8 cm³/mol. The van der Waals surface area contributed by atoms with Gasteiger partial charge in [-0.2, -0.15) is 0 Å². The minimum absolute atomic E-state index is 0.0566. The van der Waals surface area contributed by atoms with Gasteiger partial charge in [-0.25, -0.2) is 8.78 Å². The quantitative estimate of drug-likeness (QED) is 0.722. The third-order valence-electron chi connectivity index (χ3n) is 3.02. The predicted octanol–water partition coefficient (Wildman–Crippen LogP) is 1.10. The number of likely N-dealkylation sites (tertiary alicyclic amines) is 1. The van der Waals surface area contributed by atoms with Gasteiger partial charge in [0.25, 0.3) is 0 Å². The molecule has 0 amide bonds. The Balaban J connectivity index is 1.68. The van der Waals surface area contributed by atoms with Crippen molar-refractivity contribution in [1.82, 2.24) is 4.90 Å². The number of hydrogen-bond acceptors (Lipinski definition) is 2. The van der Waals surface area contributed by atoms with E-state index in [1.165, 1.54) is 0 Å². The molecule has 1 saturated carbocycles. The van der Waals surface area contributed by atoms with E-state index in [1.807, 2.05) is 0 Å². The van der Waals surface area contributed by atoms with Gasteiger partial charge in [-0.3, -0.25) is 0 Å². The van der Waals surface area contributed by atoms with Crippen LogP contribution < -0.4 is 0 Å². The molecule has 76 valence electrons. The molecule has 1 saturated heterocycles. The standard InChI is InChI=1S/C9H15F2NO/c10-9(11)4-8(5-9)6-12(7-8)2-1-3-13/h13H,1-7H2. The molecule has 1 spiro atoms. The summed E-state index contributed by atoms with van der Waals surface area (Å²) in [6, 6.07) is 0. The zero-order valence-electron chi connectivity index (χ0n) is 7.60. The van der Waals surface area contributed by atoms with Gasteiger partial charge in [0.1, 0.15) is 0 Å². The van der Waals surface area contributed by atoms with E-state index < -0.39 is 5.92 Å². The van der Waals surface area contributed by atoms with Crippen molar-refractivity contribution in [2.75, 3.05) is 26.2 Å². The van der Waals surface area contributed by atoms with E-state index >= 15 is 0 Å². The highest BCUT2D eigenvalue weighted by atomic mass is 19.3. The van der Waals surface area contributed by atoms with Gasteiger partial charge >= 0.3 is 0 Å². The van der Waals surface area contributed by atoms with Crippen LogP contribution in [0.4, 0.5) is 8.78 Å². The SMILES string of the molecule is OCCCN1CC2(C1)CC(F)(F)C2. The molecular formula is C9H15F2NO. The normalized spacial score (nSPS) is 29.8. The van der Waals surface area contributed by atoms with Crippen LogP contribution >= 0.6 is 0 Å². The molecule has 0 radical (unpaired) electrons. The first-order valence-corrected chi connectivity index (χ1v) is 4.76. The van der Waals surface area contributed by atoms with Crippen LogP contribution in [0.1, 0.15) is 19.3 Å².